The lowest BCUT2D eigenvalue weighted by atomic mass is 10.1. The minimum Gasteiger partial charge on any atom is -0.481 e. The molecule has 0 aliphatic rings. The van der Waals surface area contributed by atoms with Crippen molar-refractivity contribution in [3.63, 3.8) is 0 Å². The molecule has 2 unspecified atom stereocenters. The molecule has 0 saturated carbocycles. The second-order valence-electron chi connectivity index (χ2n) is 7.60. The molecule has 0 rings (SSSR count). The van der Waals surface area contributed by atoms with Gasteiger partial charge in [-0.25, -0.2) is 0 Å². The molecular formula is C20H33N7O10S. The number of carboxylic acids is 2. The van der Waals surface area contributed by atoms with Gasteiger partial charge in [0.1, 0.15) is 12.1 Å². The molecule has 18 heteroatoms. The SMILES string of the molecule is NCC(=O)NCC(=O)NCC(=O)NC(CCC(=O)O)C(=O)NC(CCC(=O)O)C(=O)NCC(=O)NCCS. The zero-order valence-electron chi connectivity index (χ0n) is 20.4. The maximum atomic E-state index is 12.8. The highest BCUT2D eigenvalue weighted by Gasteiger charge is 2.28. The van der Waals surface area contributed by atoms with Crippen LogP contribution < -0.4 is 37.6 Å². The summed E-state index contributed by atoms with van der Waals surface area (Å²) in [5.74, 6) is -6.84. The summed E-state index contributed by atoms with van der Waals surface area (Å²) in [6.07, 6.45) is -1.83. The molecule has 17 nitrogen and oxygen atoms in total. The Morgan fingerprint density at radius 2 is 1.11 bits per heavy atom. The number of amides is 6. The monoisotopic (exact) mass is 563 g/mol. The second-order valence-corrected chi connectivity index (χ2v) is 8.04. The van der Waals surface area contributed by atoms with Crippen molar-refractivity contribution in [1.82, 2.24) is 31.9 Å². The van der Waals surface area contributed by atoms with E-state index >= 15 is 0 Å². The van der Waals surface area contributed by atoms with E-state index in [4.69, 9.17) is 15.9 Å². The van der Waals surface area contributed by atoms with Gasteiger partial charge in [-0.2, -0.15) is 12.6 Å². The van der Waals surface area contributed by atoms with Gasteiger partial charge in [-0.15, -0.1) is 0 Å². The van der Waals surface area contributed by atoms with Crippen molar-refractivity contribution in [1.29, 1.82) is 0 Å². The van der Waals surface area contributed by atoms with E-state index in [9.17, 15) is 38.4 Å². The number of rotatable bonds is 19. The highest BCUT2D eigenvalue weighted by molar-refractivity contribution is 7.80. The van der Waals surface area contributed by atoms with Crippen LogP contribution in [0.15, 0.2) is 0 Å². The number of carbonyl (C=O) groups excluding carboxylic acids is 6. The van der Waals surface area contributed by atoms with Crippen LogP contribution in [-0.2, 0) is 38.4 Å². The van der Waals surface area contributed by atoms with Crippen molar-refractivity contribution < 1.29 is 48.6 Å². The number of carboxylic acid groups (broad SMARTS) is 2. The van der Waals surface area contributed by atoms with Crippen LogP contribution in [0.2, 0.25) is 0 Å². The van der Waals surface area contributed by atoms with Gasteiger partial charge >= 0.3 is 11.9 Å². The molecule has 0 heterocycles. The quantitative estimate of drug-likeness (QED) is 0.0664. The molecule has 0 aliphatic heterocycles. The Morgan fingerprint density at radius 1 is 0.632 bits per heavy atom. The number of aliphatic carboxylic acids is 2. The molecule has 214 valence electrons. The fourth-order valence-electron chi connectivity index (χ4n) is 2.63. The normalized spacial score (nSPS) is 11.7. The van der Waals surface area contributed by atoms with Crippen LogP contribution >= 0.6 is 12.6 Å². The van der Waals surface area contributed by atoms with Crippen LogP contribution in [0, 0.1) is 0 Å². The van der Waals surface area contributed by atoms with Crippen LogP contribution in [0.5, 0.6) is 0 Å². The van der Waals surface area contributed by atoms with E-state index in [0.29, 0.717) is 5.75 Å². The maximum absolute atomic E-state index is 12.8. The molecular weight excluding hydrogens is 530 g/mol. The highest BCUT2D eigenvalue weighted by Crippen LogP contribution is 2.03. The maximum Gasteiger partial charge on any atom is 0.303 e. The van der Waals surface area contributed by atoms with Crippen molar-refractivity contribution >= 4 is 60.0 Å². The number of thiol groups is 1. The van der Waals surface area contributed by atoms with Gasteiger partial charge in [0.05, 0.1) is 26.2 Å². The molecule has 0 aromatic heterocycles. The largest absolute Gasteiger partial charge is 0.481 e. The molecule has 6 amide bonds. The molecule has 0 aromatic rings. The molecule has 0 saturated heterocycles. The topological polar surface area (TPSA) is 275 Å². The molecule has 0 aliphatic carbocycles. The first-order chi connectivity index (χ1) is 17.9. The molecule has 0 fully saturated rings. The fourth-order valence-corrected chi connectivity index (χ4v) is 2.74. The minimum absolute atomic E-state index is 0.241. The number of hydrogen-bond donors (Lipinski definition) is 10. The van der Waals surface area contributed by atoms with Crippen molar-refractivity contribution in [2.75, 3.05) is 38.5 Å². The Kier molecular flexibility index (Phi) is 17.2. The van der Waals surface area contributed by atoms with Gasteiger partial charge in [-0.05, 0) is 12.8 Å². The van der Waals surface area contributed by atoms with E-state index in [1.54, 1.807) is 0 Å². The standard InChI is InChI=1S/C20H33N7O10S/c21-7-13(28)23-8-15(30)24-10-16(31)26-12(2-4-18(34)35)20(37)27-11(1-3-17(32)33)19(36)25-9-14(29)22-5-6-38/h11-12,38H,1-10,21H2,(H,22,29)(H,23,28)(H,24,30)(H,25,36)(H,26,31)(H,27,37)(H,32,33)(H,34,35). The molecule has 0 aromatic carbocycles. The van der Waals surface area contributed by atoms with Gasteiger partial charge < -0.3 is 47.8 Å². The number of nitrogens with one attached hydrogen (secondary N) is 6. The Morgan fingerprint density at radius 3 is 1.63 bits per heavy atom. The van der Waals surface area contributed by atoms with Gasteiger partial charge in [0, 0.05) is 25.1 Å². The Labute approximate surface area is 222 Å². The average molecular weight is 564 g/mol. The Bertz CT molecular complexity index is 886. The zero-order valence-corrected chi connectivity index (χ0v) is 21.3. The number of hydrogen-bond acceptors (Lipinski definition) is 10. The highest BCUT2D eigenvalue weighted by atomic mass is 32.1. The number of nitrogens with two attached hydrogens (primary N) is 1. The third-order valence-electron chi connectivity index (χ3n) is 4.51. The second kappa shape index (κ2) is 19.2. The first-order valence-corrected chi connectivity index (χ1v) is 11.9. The Balaban J connectivity index is 5.23. The van der Waals surface area contributed by atoms with Crippen LogP contribution in [-0.4, -0.2) is 108 Å². The predicted octanol–water partition coefficient (Wildman–Crippen LogP) is -4.96. The Hall–Kier alpha value is -3.93. The smallest absolute Gasteiger partial charge is 0.303 e. The van der Waals surface area contributed by atoms with E-state index in [0.717, 1.165) is 0 Å². The lowest BCUT2D eigenvalue weighted by Gasteiger charge is -2.23. The summed E-state index contributed by atoms with van der Waals surface area (Å²) >= 11 is 3.93. The fraction of sp³-hybridized carbons (Fsp3) is 0.600. The summed E-state index contributed by atoms with van der Waals surface area (Å²) < 4.78 is 0. The molecule has 0 spiro atoms. The van der Waals surface area contributed by atoms with Gasteiger partial charge in [-0.1, -0.05) is 0 Å². The first-order valence-electron chi connectivity index (χ1n) is 11.3. The molecule has 2 atom stereocenters. The van der Waals surface area contributed by atoms with Crippen LogP contribution in [0.4, 0.5) is 0 Å². The van der Waals surface area contributed by atoms with E-state index in [1.165, 1.54) is 0 Å². The van der Waals surface area contributed by atoms with E-state index in [2.05, 4.69) is 44.5 Å². The lowest BCUT2D eigenvalue weighted by Crippen LogP contribution is -2.55. The molecule has 0 radical (unpaired) electrons. The molecule has 38 heavy (non-hydrogen) atoms. The van der Waals surface area contributed by atoms with Gasteiger partial charge in [0.15, 0.2) is 0 Å². The molecule has 10 N–H and O–H groups in total. The van der Waals surface area contributed by atoms with Gasteiger partial charge in [0.25, 0.3) is 0 Å². The third kappa shape index (κ3) is 16.7. The van der Waals surface area contributed by atoms with Crippen molar-refractivity contribution in [2.24, 2.45) is 5.73 Å². The number of carbonyl (C=O) groups is 8. The predicted molar refractivity (Wildman–Crippen MR) is 133 cm³/mol. The summed E-state index contributed by atoms with van der Waals surface area (Å²) in [7, 11) is 0. The van der Waals surface area contributed by atoms with Crippen LogP contribution in [0.3, 0.4) is 0 Å². The lowest BCUT2D eigenvalue weighted by molar-refractivity contribution is -0.139. The third-order valence-corrected chi connectivity index (χ3v) is 4.74. The van der Waals surface area contributed by atoms with Crippen molar-refractivity contribution in [3.05, 3.63) is 0 Å². The summed E-state index contributed by atoms with van der Waals surface area (Å²) in [5, 5.41) is 31.5. The van der Waals surface area contributed by atoms with Crippen molar-refractivity contribution in [3.8, 4) is 0 Å². The summed E-state index contributed by atoms with van der Waals surface area (Å²) in [5.41, 5.74) is 5.09. The van der Waals surface area contributed by atoms with Gasteiger partial charge in [0.2, 0.25) is 35.4 Å². The van der Waals surface area contributed by atoms with E-state index < -0.39 is 98.4 Å². The van der Waals surface area contributed by atoms with E-state index in [-0.39, 0.29) is 19.5 Å². The van der Waals surface area contributed by atoms with Crippen molar-refractivity contribution in [2.45, 2.75) is 37.8 Å². The first kappa shape index (κ1) is 34.1. The average Bonchev–Trinajstić information content (AvgIpc) is 2.87. The minimum atomic E-state index is -1.47. The zero-order chi connectivity index (χ0) is 29.1. The molecule has 0 bridgehead atoms. The summed E-state index contributed by atoms with van der Waals surface area (Å²) in [6, 6.07) is -2.89. The van der Waals surface area contributed by atoms with Gasteiger partial charge in [-0.3, -0.25) is 38.4 Å². The van der Waals surface area contributed by atoms with Crippen LogP contribution in [0.25, 0.3) is 0 Å². The summed E-state index contributed by atoms with van der Waals surface area (Å²) in [6.45, 7) is -1.65. The van der Waals surface area contributed by atoms with Crippen LogP contribution in [0.1, 0.15) is 25.7 Å². The van der Waals surface area contributed by atoms with E-state index in [1.807, 2.05) is 0 Å². The summed E-state index contributed by atoms with van der Waals surface area (Å²) in [4.78, 5) is 94.0.